The Morgan fingerprint density at radius 2 is 1.88 bits per heavy atom. The van der Waals surface area contributed by atoms with Crippen molar-refractivity contribution in [3.05, 3.63) is 34.3 Å². The van der Waals surface area contributed by atoms with Crippen LogP contribution in [0.15, 0.2) is 28.7 Å². The van der Waals surface area contributed by atoms with Crippen molar-refractivity contribution in [3.63, 3.8) is 0 Å². The highest BCUT2D eigenvalue weighted by Gasteiger charge is 2.17. The number of carboxylic acids is 1. The van der Waals surface area contributed by atoms with E-state index in [0.29, 0.717) is 4.47 Å². The molecule has 0 amide bonds. The maximum atomic E-state index is 11.5. The molecule has 1 N–H and O–H groups in total. The van der Waals surface area contributed by atoms with Gasteiger partial charge in [0.05, 0.1) is 6.42 Å². The Morgan fingerprint density at radius 1 is 1.19 bits per heavy atom. The molecule has 0 heterocycles. The Hall–Kier alpha value is -1.49. The highest BCUT2D eigenvalue weighted by Crippen LogP contribution is 2.13. The van der Waals surface area contributed by atoms with Crippen LogP contribution in [0.2, 0.25) is 0 Å². The average molecular weight is 285 g/mol. The van der Waals surface area contributed by atoms with E-state index < -0.39 is 17.5 Å². The van der Waals surface area contributed by atoms with E-state index in [1.807, 2.05) is 0 Å². The summed E-state index contributed by atoms with van der Waals surface area (Å²) >= 11 is 3.18. The van der Waals surface area contributed by atoms with Crippen LogP contribution in [0.25, 0.3) is 0 Å². The van der Waals surface area contributed by atoms with Gasteiger partial charge < -0.3 is 5.11 Å². The normalized spacial score (nSPS) is 9.81. The van der Waals surface area contributed by atoms with Crippen LogP contribution in [0.3, 0.4) is 0 Å². The van der Waals surface area contributed by atoms with Gasteiger partial charge in [-0.25, -0.2) is 0 Å². The summed E-state index contributed by atoms with van der Waals surface area (Å²) in [4.78, 5) is 33.1. The maximum Gasteiger partial charge on any atom is 0.303 e. The number of carbonyl (C=O) groups excluding carboxylic acids is 2. The summed E-state index contributed by atoms with van der Waals surface area (Å²) in [6.45, 7) is 0. The fourth-order valence-corrected chi connectivity index (χ4v) is 1.52. The molecule has 1 aromatic carbocycles. The Labute approximate surface area is 100 Å². The van der Waals surface area contributed by atoms with E-state index in [-0.39, 0.29) is 18.4 Å². The third-order valence-electron chi connectivity index (χ3n) is 1.91. The number of halogens is 1. The molecule has 0 aliphatic heterocycles. The van der Waals surface area contributed by atoms with Crippen LogP contribution >= 0.6 is 15.9 Å². The second kappa shape index (κ2) is 5.55. The third kappa shape index (κ3) is 3.58. The molecule has 0 radical (unpaired) electrons. The lowest BCUT2D eigenvalue weighted by Crippen LogP contribution is -2.15. The number of hydrogen-bond acceptors (Lipinski definition) is 3. The monoisotopic (exact) mass is 284 g/mol. The molecule has 0 spiro atoms. The molecule has 0 unspecified atom stereocenters. The SMILES string of the molecule is O=C(O)CCC(=O)C(=O)c1cccc(Br)c1. The van der Waals surface area contributed by atoms with Gasteiger partial charge in [0.25, 0.3) is 0 Å². The van der Waals surface area contributed by atoms with Gasteiger partial charge >= 0.3 is 5.97 Å². The molecule has 0 saturated carbocycles. The zero-order valence-electron chi connectivity index (χ0n) is 8.27. The lowest BCUT2D eigenvalue weighted by Gasteiger charge is -1.99. The lowest BCUT2D eigenvalue weighted by molar-refractivity contribution is -0.138. The molecule has 0 aliphatic rings. The number of ketones is 2. The van der Waals surface area contributed by atoms with Crippen LogP contribution in [0.5, 0.6) is 0 Å². The van der Waals surface area contributed by atoms with E-state index >= 15 is 0 Å². The Kier molecular flexibility index (Phi) is 4.37. The Morgan fingerprint density at radius 3 is 2.44 bits per heavy atom. The molecule has 16 heavy (non-hydrogen) atoms. The van der Waals surface area contributed by atoms with Crippen LogP contribution in [-0.2, 0) is 9.59 Å². The summed E-state index contributed by atoms with van der Waals surface area (Å²) in [7, 11) is 0. The van der Waals surface area contributed by atoms with Crippen LogP contribution in [0.1, 0.15) is 23.2 Å². The van der Waals surface area contributed by atoms with Gasteiger partial charge in [-0.3, -0.25) is 14.4 Å². The lowest BCUT2D eigenvalue weighted by atomic mass is 10.0. The van der Waals surface area contributed by atoms with Gasteiger partial charge in [-0.05, 0) is 12.1 Å². The van der Waals surface area contributed by atoms with E-state index in [9.17, 15) is 14.4 Å². The van der Waals surface area contributed by atoms with Crippen molar-refractivity contribution >= 4 is 33.5 Å². The molecular weight excluding hydrogens is 276 g/mol. The molecule has 0 fully saturated rings. The minimum atomic E-state index is -1.09. The van der Waals surface area contributed by atoms with Crippen molar-refractivity contribution in [1.29, 1.82) is 0 Å². The van der Waals surface area contributed by atoms with Gasteiger partial charge in [-0.1, -0.05) is 28.1 Å². The number of hydrogen-bond donors (Lipinski definition) is 1. The summed E-state index contributed by atoms with van der Waals surface area (Å²) in [6, 6.07) is 6.42. The maximum absolute atomic E-state index is 11.5. The van der Waals surface area contributed by atoms with E-state index in [1.165, 1.54) is 12.1 Å². The molecule has 0 aromatic heterocycles. The van der Waals surface area contributed by atoms with Gasteiger partial charge in [0, 0.05) is 16.5 Å². The minimum Gasteiger partial charge on any atom is -0.481 e. The topological polar surface area (TPSA) is 71.4 Å². The van der Waals surface area contributed by atoms with E-state index in [1.54, 1.807) is 12.1 Å². The van der Waals surface area contributed by atoms with Crippen LogP contribution in [0, 0.1) is 0 Å². The molecule has 0 atom stereocenters. The summed E-state index contributed by atoms with van der Waals surface area (Å²) in [5.74, 6) is -2.42. The molecule has 84 valence electrons. The summed E-state index contributed by atoms with van der Waals surface area (Å²) < 4.78 is 0.699. The predicted octanol–water partition coefficient (Wildman–Crippen LogP) is 2.07. The molecule has 0 aliphatic carbocycles. The number of rotatable bonds is 5. The highest BCUT2D eigenvalue weighted by atomic mass is 79.9. The Balaban J connectivity index is 2.71. The van der Waals surface area contributed by atoms with Crippen LogP contribution < -0.4 is 0 Å². The van der Waals surface area contributed by atoms with Gasteiger partial charge in [0.2, 0.25) is 11.6 Å². The zero-order chi connectivity index (χ0) is 12.1. The number of carboxylic acid groups (broad SMARTS) is 1. The van der Waals surface area contributed by atoms with Crippen molar-refractivity contribution in [3.8, 4) is 0 Å². The van der Waals surface area contributed by atoms with Crippen LogP contribution in [0.4, 0.5) is 0 Å². The van der Waals surface area contributed by atoms with E-state index in [0.717, 1.165) is 0 Å². The van der Waals surface area contributed by atoms with E-state index in [2.05, 4.69) is 15.9 Å². The number of Topliss-reactive ketones (excluding diaryl/α,β-unsaturated/α-hetero) is 2. The fraction of sp³-hybridized carbons (Fsp3) is 0.182. The highest BCUT2D eigenvalue weighted by molar-refractivity contribution is 9.10. The Bertz CT molecular complexity index is 439. The molecular formula is C11H9BrO4. The van der Waals surface area contributed by atoms with E-state index in [4.69, 9.17) is 5.11 Å². The molecule has 0 saturated heterocycles. The van der Waals surface area contributed by atoms with Crippen molar-refractivity contribution in [2.24, 2.45) is 0 Å². The van der Waals surface area contributed by atoms with Gasteiger partial charge in [0.1, 0.15) is 0 Å². The number of aliphatic carboxylic acids is 1. The van der Waals surface area contributed by atoms with Crippen molar-refractivity contribution in [2.75, 3.05) is 0 Å². The largest absolute Gasteiger partial charge is 0.481 e. The van der Waals surface area contributed by atoms with Gasteiger partial charge in [-0.15, -0.1) is 0 Å². The summed E-state index contributed by atoms with van der Waals surface area (Å²) in [5, 5.41) is 8.39. The van der Waals surface area contributed by atoms with Gasteiger partial charge in [0.15, 0.2) is 0 Å². The van der Waals surface area contributed by atoms with Crippen LogP contribution in [-0.4, -0.2) is 22.6 Å². The zero-order valence-corrected chi connectivity index (χ0v) is 9.86. The first-order chi connectivity index (χ1) is 7.50. The number of carbonyl (C=O) groups is 3. The molecule has 1 aromatic rings. The second-order valence-electron chi connectivity index (χ2n) is 3.16. The molecule has 1 rings (SSSR count). The second-order valence-corrected chi connectivity index (χ2v) is 4.07. The smallest absolute Gasteiger partial charge is 0.303 e. The summed E-state index contributed by atoms with van der Waals surface area (Å²) in [5.41, 5.74) is 0.268. The average Bonchev–Trinajstić information content (AvgIpc) is 2.24. The fourth-order valence-electron chi connectivity index (χ4n) is 1.12. The van der Waals surface area contributed by atoms with Crippen molar-refractivity contribution in [1.82, 2.24) is 0 Å². The first-order valence-corrected chi connectivity index (χ1v) is 5.35. The third-order valence-corrected chi connectivity index (χ3v) is 2.40. The first-order valence-electron chi connectivity index (χ1n) is 4.55. The van der Waals surface area contributed by atoms with Crippen molar-refractivity contribution in [2.45, 2.75) is 12.8 Å². The van der Waals surface area contributed by atoms with Crippen molar-refractivity contribution < 1.29 is 19.5 Å². The summed E-state index contributed by atoms with van der Waals surface area (Å²) in [6.07, 6.45) is -0.584. The first kappa shape index (κ1) is 12.6. The molecule has 4 nitrogen and oxygen atoms in total. The van der Waals surface area contributed by atoms with Gasteiger partial charge in [-0.2, -0.15) is 0 Å². The quantitative estimate of drug-likeness (QED) is 0.664. The molecule has 0 bridgehead atoms. The number of benzene rings is 1. The standard InChI is InChI=1S/C11H9BrO4/c12-8-3-1-2-7(6-8)11(16)9(13)4-5-10(14)15/h1-3,6H,4-5H2,(H,14,15). The molecule has 5 heteroatoms. The minimum absolute atomic E-state index is 0.263. The predicted molar refractivity (Wildman–Crippen MR) is 60.3 cm³/mol.